The number of carbonyl (C=O) groups is 2. The van der Waals surface area contributed by atoms with Gasteiger partial charge in [-0.2, -0.15) is 0 Å². The molecule has 4 heterocycles. The molecule has 3 aliphatic heterocycles. The minimum absolute atomic E-state index is 0.0168. The fourth-order valence-corrected chi connectivity index (χ4v) is 13.4. The van der Waals surface area contributed by atoms with Crippen molar-refractivity contribution in [3.63, 3.8) is 0 Å². The van der Waals surface area contributed by atoms with Gasteiger partial charge in [0.15, 0.2) is 0 Å². The zero-order chi connectivity index (χ0) is 33.6. The quantitative estimate of drug-likeness (QED) is 0.278. The van der Waals surface area contributed by atoms with Gasteiger partial charge in [-0.3, -0.25) is 14.7 Å². The first-order valence-electron chi connectivity index (χ1n) is 17.2. The number of nitrogens with one attached hydrogen (secondary N) is 1. The number of para-hydroxylation sites is 1. The van der Waals surface area contributed by atoms with Crippen LogP contribution in [0.3, 0.4) is 0 Å². The van der Waals surface area contributed by atoms with E-state index in [0.717, 1.165) is 11.1 Å². The maximum atomic E-state index is 14.4. The summed E-state index contributed by atoms with van der Waals surface area (Å²) in [5.41, 5.74) is -0.375. The van der Waals surface area contributed by atoms with Crippen LogP contribution in [0.1, 0.15) is 61.9 Å². The van der Waals surface area contributed by atoms with Crippen molar-refractivity contribution in [3.8, 4) is 0 Å². The Morgan fingerprint density at radius 3 is 2.60 bits per heavy atom. The van der Waals surface area contributed by atoms with Crippen LogP contribution in [-0.4, -0.2) is 98.9 Å². The number of hydrogen-bond donors (Lipinski definition) is 3. The average molecular weight is 676 g/mol. The fraction of sp³-hybridized carbons (Fsp3) is 0.595. The molecule has 1 spiro atoms. The predicted molar refractivity (Wildman–Crippen MR) is 181 cm³/mol. The summed E-state index contributed by atoms with van der Waals surface area (Å²) in [4.78, 5) is 32.6. The number of methoxy groups -OCH3 is 2. The van der Waals surface area contributed by atoms with E-state index in [1.54, 1.807) is 50.9 Å². The van der Waals surface area contributed by atoms with Crippen LogP contribution in [0.25, 0.3) is 5.57 Å². The lowest BCUT2D eigenvalue weighted by molar-refractivity contribution is -0.294. The number of aliphatic hydroxyl groups is 2. The van der Waals surface area contributed by atoms with E-state index >= 15 is 0 Å². The highest BCUT2D eigenvalue weighted by atomic mass is 32.2. The number of rotatable bonds is 8. The lowest BCUT2D eigenvalue weighted by atomic mass is 9.46. The second-order valence-electron chi connectivity index (χ2n) is 14.8. The summed E-state index contributed by atoms with van der Waals surface area (Å²) in [5, 5.41) is 28.3. The Hall–Kier alpha value is -2.80. The first kappa shape index (κ1) is 32.4. The maximum Gasteiger partial charge on any atom is 0.340 e. The van der Waals surface area contributed by atoms with E-state index in [9.17, 15) is 19.8 Å². The number of carbonyl (C=O) groups excluding carboxylic acids is 2. The van der Waals surface area contributed by atoms with Gasteiger partial charge >= 0.3 is 5.97 Å². The maximum absolute atomic E-state index is 14.4. The number of thioether (sulfide) groups is 1. The molecule has 6 aliphatic rings. The number of likely N-dealkylation sites (tertiary alicyclic amines) is 1. The van der Waals surface area contributed by atoms with Crippen molar-refractivity contribution in [1.29, 1.82) is 0 Å². The van der Waals surface area contributed by atoms with E-state index in [4.69, 9.17) is 14.2 Å². The summed E-state index contributed by atoms with van der Waals surface area (Å²) in [7, 11) is 3.47. The molecule has 6 fully saturated rings. The number of fused-ring (bicyclic) bond motifs is 2. The van der Waals surface area contributed by atoms with Gasteiger partial charge in [-0.05, 0) is 74.6 Å². The van der Waals surface area contributed by atoms with Crippen LogP contribution < -0.4 is 5.32 Å². The monoisotopic (exact) mass is 675 g/mol. The molecule has 0 radical (unpaired) electrons. The number of amides is 1. The number of hydrogen-bond acceptors (Lipinski definition) is 10. The smallest absolute Gasteiger partial charge is 0.340 e. The molecule has 1 amide bonds. The Morgan fingerprint density at radius 1 is 1.10 bits per heavy atom. The Balaban J connectivity index is 1.15. The molecule has 3 saturated carbocycles. The first-order valence-corrected chi connectivity index (χ1v) is 18.1. The third-order valence-corrected chi connectivity index (χ3v) is 14.9. The molecule has 1 aromatic heterocycles. The molecule has 7 bridgehead atoms. The van der Waals surface area contributed by atoms with Crippen LogP contribution >= 0.6 is 11.8 Å². The molecule has 48 heavy (non-hydrogen) atoms. The summed E-state index contributed by atoms with van der Waals surface area (Å²) in [5.74, 6) is -1.43. The van der Waals surface area contributed by atoms with Gasteiger partial charge in [-0.1, -0.05) is 19.1 Å². The number of esters is 1. The van der Waals surface area contributed by atoms with Crippen molar-refractivity contribution < 1.29 is 34.0 Å². The van der Waals surface area contributed by atoms with Gasteiger partial charge in [0.05, 0.1) is 23.5 Å². The van der Waals surface area contributed by atoms with E-state index in [0.29, 0.717) is 50.9 Å². The van der Waals surface area contributed by atoms with Gasteiger partial charge in [0.2, 0.25) is 5.91 Å². The van der Waals surface area contributed by atoms with Gasteiger partial charge in [-0.15, -0.1) is 11.8 Å². The topological polar surface area (TPSA) is 130 Å². The van der Waals surface area contributed by atoms with Gasteiger partial charge in [0.1, 0.15) is 16.1 Å². The highest BCUT2D eigenvalue weighted by Crippen LogP contribution is 2.80. The standard InChI is InChI=1S/C37H45N3O7S/c1-5-40-20-34(47-33(42)23-8-6-7-9-25(23)39-31(41)16-21(2)22-11-14-38-15-12-22)13-10-30(46-4)36-28(34)17-24(32(36)40)35(43)19-26(45-3)27-18-29(36)37(35,44)48-27/h6-9,11-12,14-16,24,26-30,32,43-44H,5,10,13,17-20H2,1-4H3,(H,39,41)/b21-16+/t24-,26+,27-,28-,29+,30+,32?,34-,35+,36+,37+/m1/s1. The molecule has 3 aliphatic carbocycles. The molecule has 1 aromatic carbocycles. The number of anilines is 1. The number of ether oxygens (including phenoxy) is 3. The molecule has 8 rings (SSSR count). The molecule has 2 aromatic rings. The summed E-state index contributed by atoms with van der Waals surface area (Å²) >= 11 is 1.50. The number of piperidine rings is 1. The van der Waals surface area contributed by atoms with Gasteiger partial charge in [0, 0.05) is 80.1 Å². The van der Waals surface area contributed by atoms with Crippen molar-refractivity contribution in [2.75, 3.05) is 32.6 Å². The molecule has 10 nitrogen and oxygen atoms in total. The van der Waals surface area contributed by atoms with E-state index in [1.165, 1.54) is 17.8 Å². The Kier molecular flexibility index (Phi) is 7.67. The van der Waals surface area contributed by atoms with Crippen molar-refractivity contribution in [2.45, 2.75) is 85.6 Å². The molecule has 256 valence electrons. The van der Waals surface area contributed by atoms with Crippen molar-refractivity contribution in [2.24, 2.45) is 23.2 Å². The molecular formula is C37H45N3O7S. The van der Waals surface area contributed by atoms with Crippen LogP contribution in [0.5, 0.6) is 0 Å². The predicted octanol–water partition coefficient (Wildman–Crippen LogP) is 4.13. The molecule has 3 saturated heterocycles. The van der Waals surface area contributed by atoms with Crippen LogP contribution in [0.4, 0.5) is 5.69 Å². The number of likely N-dealkylation sites (N-methyl/N-ethyl adjacent to an activating group) is 1. The van der Waals surface area contributed by atoms with E-state index in [2.05, 4.69) is 22.1 Å². The largest absolute Gasteiger partial charge is 0.454 e. The molecule has 11 heteroatoms. The van der Waals surface area contributed by atoms with Gasteiger partial charge in [0.25, 0.3) is 0 Å². The lowest BCUT2D eigenvalue weighted by Gasteiger charge is -2.69. The third kappa shape index (κ3) is 4.21. The van der Waals surface area contributed by atoms with Crippen LogP contribution in [-0.2, 0) is 19.0 Å². The summed E-state index contributed by atoms with van der Waals surface area (Å²) in [6.45, 7) is 5.25. The second-order valence-corrected chi connectivity index (χ2v) is 16.2. The zero-order valence-corrected chi connectivity index (χ0v) is 28.7. The lowest BCUT2D eigenvalue weighted by Crippen LogP contribution is -2.80. The highest BCUT2D eigenvalue weighted by molar-refractivity contribution is 8.01. The van der Waals surface area contributed by atoms with Gasteiger partial charge in [-0.25, -0.2) is 4.79 Å². The molecule has 1 unspecified atom stereocenters. The SMILES string of the molecule is CCN1C[C@]2(OC(=O)c3ccccc3NC(=O)/C=C(\C)c3ccncc3)CC[C@H](OC)[C@]34C1[C@@H](C[C@H]23)[C@@]1(O)C[C@H](OC)[C@H]2C[C@@H]4[C@]1(O)S2. The van der Waals surface area contributed by atoms with Crippen molar-refractivity contribution in [1.82, 2.24) is 9.88 Å². The van der Waals surface area contributed by atoms with Crippen LogP contribution in [0.15, 0.2) is 54.9 Å². The Labute approximate surface area is 285 Å². The van der Waals surface area contributed by atoms with Crippen molar-refractivity contribution >= 4 is 34.9 Å². The first-order chi connectivity index (χ1) is 23.1. The number of aromatic nitrogens is 1. The van der Waals surface area contributed by atoms with E-state index in [-0.39, 0.29) is 52.7 Å². The fourth-order valence-electron chi connectivity index (χ4n) is 11.4. The normalized spacial score (nSPS) is 42.4. The average Bonchev–Trinajstić information content (AvgIpc) is 3.56. The minimum Gasteiger partial charge on any atom is -0.454 e. The summed E-state index contributed by atoms with van der Waals surface area (Å²) in [6, 6.07) is 10.6. The van der Waals surface area contributed by atoms with Gasteiger partial charge < -0.3 is 29.7 Å². The van der Waals surface area contributed by atoms with Crippen molar-refractivity contribution in [3.05, 3.63) is 66.0 Å². The molecule has 3 N–H and O–H groups in total. The third-order valence-electron chi connectivity index (χ3n) is 13.1. The van der Waals surface area contributed by atoms with E-state index in [1.807, 2.05) is 19.1 Å². The molecule has 11 atom stereocenters. The number of nitrogens with zero attached hydrogens (tertiary/aromatic N) is 2. The minimum atomic E-state index is -1.34. The van der Waals surface area contributed by atoms with Crippen LogP contribution in [0.2, 0.25) is 0 Å². The van der Waals surface area contributed by atoms with Crippen LogP contribution in [0, 0.1) is 23.2 Å². The van der Waals surface area contributed by atoms with E-state index < -0.39 is 27.5 Å². The highest BCUT2D eigenvalue weighted by Gasteiger charge is 2.87. The summed E-state index contributed by atoms with van der Waals surface area (Å²) in [6.07, 6.45) is 7.61. The second kappa shape index (κ2) is 11.4. The Bertz CT molecular complexity index is 1660. The zero-order valence-electron chi connectivity index (χ0n) is 27.9. The summed E-state index contributed by atoms with van der Waals surface area (Å²) < 4.78 is 19.1. The molecular weight excluding hydrogens is 630 g/mol. The number of benzene rings is 1. The number of pyridine rings is 1. The number of allylic oxidation sites excluding steroid dienone is 1. The Morgan fingerprint density at radius 2 is 1.88 bits per heavy atom.